The third-order valence-corrected chi connectivity index (χ3v) is 3.68. The lowest BCUT2D eigenvalue weighted by atomic mass is 10.0. The summed E-state index contributed by atoms with van der Waals surface area (Å²) in [5.74, 6) is 0.225. The summed E-state index contributed by atoms with van der Waals surface area (Å²) in [6.45, 7) is 2.34. The number of rotatable bonds is 4. The number of hydrogen-bond acceptors (Lipinski definition) is 5. The molecule has 0 aromatic heterocycles. The lowest BCUT2D eigenvalue weighted by Gasteiger charge is -2.38. The van der Waals surface area contributed by atoms with Gasteiger partial charge in [-0.2, -0.15) is 0 Å². The lowest BCUT2D eigenvalue weighted by molar-refractivity contribution is -0.150. The van der Waals surface area contributed by atoms with Gasteiger partial charge in [0.1, 0.15) is 11.5 Å². The number of carbonyl (C=O) groups is 2. The average Bonchev–Trinajstić information content (AvgIpc) is 2.53. The standard InChI is InChI=1S/C15H20N2O5/c1-15(14(16)19)9-17(4-5-22-15)13(18)10-6-11(20-2)8-12(7-10)21-3/h6-8H,4-5,9H2,1-3H3,(H2,16,19)/t15-/m0/s1. The molecule has 1 atom stereocenters. The fraction of sp³-hybridized carbons (Fsp3) is 0.467. The van der Waals surface area contributed by atoms with E-state index in [-0.39, 0.29) is 19.1 Å². The molecule has 2 N–H and O–H groups in total. The summed E-state index contributed by atoms with van der Waals surface area (Å²) in [7, 11) is 3.03. The quantitative estimate of drug-likeness (QED) is 0.870. The number of carbonyl (C=O) groups excluding carboxylic acids is 2. The van der Waals surface area contributed by atoms with Crippen molar-refractivity contribution in [1.29, 1.82) is 0 Å². The molecule has 7 heteroatoms. The number of benzene rings is 1. The molecule has 2 amide bonds. The molecular weight excluding hydrogens is 288 g/mol. The molecule has 22 heavy (non-hydrogen) atoms. The predicted octanol–water partition coefficient (Wildman–Crippen LogP) is 0.420. The van der Waals surface area contributed by atoms with E-state index in [1.807, 2.05) is 0 Å². The van der Waals surface area contributed by atoms with Gasteiger partial charge >= 0.3 is 0 Å². The van der Waals surface area contributed by atoms with Crippen molar-refractivity contribution >= 4 is 11.8 Å². The first kappa shape index (κ1) is 16.1. The van der Waals surface area contributed by atoms with Crippen molar-refractivity contribution in [3.8, 4) is 11.5 Å². The number of ether oxygens (including phenoxy) is 3. The Hall–Kier alpha value is -2.28. The first-order valence-corrected chi connectivity index (χ1v) is 6.86. The van der Waals surface area contributed by atoms with E-state index in [0.717, 1.165) is 0 Å². The zero-order chi connectivity index (χ0) is 16.3. The molecule has 0 aliphatic carbocycles. The topological polar surface area (TPSA) is 91.1 Å². The third kappa shape index (κ3) is 3.14. The van der Waals surface area contributed by atoms with Crippen LogP contribution in [-0.2, 0) is 9.53 Å². The summed E-state index contributed by atoms with van der Waals surface area (Å²) in [4.78, 5) is 25.7. The van der Waals surface area contributed by atoms with E-state index in [0.29, 0.717) is 23.6 Å². The van der Waals surface area contributed by atoms with Gasteiger partial charge < -0.3 is 24.8 Å². The summed E-state index contributed by atoms with van der Waals surface area (Å²) in [5.41, 5.74) is 4.60. The van der Waals surface area contributed by atoms with Crippen LogP contribution in [0.5, 0.6) is 11.5 Å². The fourth-order valence-corrected chi connectivity index (χ4v) is 2.31. The molecule has 0 radical (unpaired) electrons. The highest BCUT2D eigenvalue weighted by molar-refractivity contribution is 5.96. The Bertz CT molecular complexity index is 567. The lowest BCUT2D eigenvalue weighted by Crippen LogP contribution is -2.58. The van der Waals surface area contributed by atoms with Crippen molar-refractivity contribution in [3.63, 3.8) is 0 Å². The normalized spacial score (nSPS) is 21.3. The molecule has 7 nitrogen and oxygen atoms in total. The highest BCUT2D eigenvalue weighted by Gasteiger charge is 2.39. The molecule has 120 valence electrons. The largest absolute Gasteiger partial charge is 0.497 e. The Morgan fingerprint density at radius 2 is 1.82 bits per heavy atom. The SMILES string of the molecule is COc1cc(OC)cc(C(=O)N2CCO[C@](C)(C(N)=O)C2)c1. The van der Waals surface area contributed by atoms with E-state index in [1.165, 1.54) is 14.2 Å². The number of nitrogens with zero attached hydrogens (tertiary/aromatic N) is 1. The maximum Gasteiger partial charge on any atom is 0.254 e. The number of nitrogens with two attached hydrogens (primary N) is 1. The van der Waals surface area contributed by atoms with Crippen molar-refractivity contribution in [1.82, 2.24) is 4.90 Å². The molecule has 0 spiro atoms. The minimum atomic E-state index is -1.17. The maximum atomic E-state index is 12.7. The minimum Gasteiger partial charge on any atom is -0.497 e. The van der Waals surface area contributed by atoms with Gasteiger partial charge in [0.25, 0.3) is 11.8 Å². The van der Waals surface area contributed by atoms with Gasteiger partial charge in [0.15, 0.2) is 5.60 Å². The van der Waals surface area contributed by atoms with Crippen LogP contribution in [0.1, 0.15) is 17.3 Å². The third-order valence-electron chi connectivity index (χ3n) is 3.68. The van der Waals surface area contributed by atoms with E-state index < -0.39 is 11.5 Å². The predicted molar refractivity (Wildman–Crippen MR) is 79.0 cm³/mol. The Morgan fingerprint density at radius 1 is 1.23 bits per heavy atom. The molecule has 1 heterocycles. The second kappa shape index (κ2) is 6.23. The maximum absolute atomic E-state index is 12.7. The van der Waals surface area contributed by atoms with Crippen LogP contribution in [0.25, 0.3) is 0 Å². The molecule has 0 unspecified atom stereocenters. The van der Waals surface area contributed by atoms with Crippen LogP contribution in [0.4, 0.5) is 0 Å². The highest BCUT2D eigenvalue weighted by atomic mass is 16.5. The second-order valence-corrected chi connectivity index (χ2v) is 5.27. The van der Waals surface area contributed by atoms with Crippen LogP contribution in [0.15, 0.2) is 18.2 Å². The number of hydrogen-bond donors (Lipinski definition) is 1. The molecule has 0 bridgehead atoms. The van der Waals surface area contributed by atoms with Crippen molar-refractivity contribution in [3.05, 3.63) is 23.8 Å². The van der Waals surface area contributed by atoms with Gasteiger partial charge in [0, 0.05) is 18.2 Å². The smallest absolute Gasteiger partial charge is 0.254 e. The molecule has 1 aromatic carbocycles. The molecule has 0 saturated carbocycles. The van der Waals surface area contributed by atoms with E-state index in [1.54, 1.807) is 30.0 Å². The van der Waals surface area contributed by atoms with Crippen LogP contribution in [0.2, 0.25) is 0 Å². The Labute approximate surface area is 128 Å². The summed E-state index contributed by atoms with van der Waals surface area (Å²) in [6.07, 6.45) is 0. The van der Waals surface area contributed by atoms with Crippen LogP contribution in [0.3, 0.4) is 0 Å². The van der Waals surface area contributed by atoms with E-state index in [9.17, 15) is 9.59 Å². The van der Waals surface area contributed by atoms with Crippen LogP contribution >= 0.6 is 0 Å². The van der Waals surface area contributed by atoms with Crippen molar-refractivity contribution < 1.29 is 23.8 Å². The van der Waals surface area contributed by atoms with Gasteiger partial charge in [-0.05, 0) is 19.1 Å². The zero-order valence-corrected chi connectivity index (χ0v) is 12.9. The van der Waals surface area contributed by atoms with E-state index >= 15 is 0 Å². The molecule has 1 aliphatic heterocycles. The molecule has 1 aromatic rings. The first-order chi connectivity index (χ1) is 10.4. The first-order valence-electron chi connectivity index (χ1n) is 6.86. The summed E-state index contributed by atoms with van der Waals surface area (Å²) < 4.78 is 15.7. The molecule has 1 aliphatic rings. The van der Waals surface area contributed by atoms with Crippen LogP contribution in [-0.4, -0.2) is 56.2 Å². The Morgan fingerprint density at radius 3 is 2.32 bits per heavy atom. The molecule has 1 saturated heterocycles. The van der Waals surface area contributed by atoms with Gasteiger partial charge in [0.05, 0.1) is 27.4 Å². The second-order valence-electron chi connectivity index (χ2n) is 5.27. The fourth-order valence-electron chi connectivity index (χ4n) is 2.31. The summed E-state index contributed by atoms with van der Waals surface area (Å²) in [5, 5.41) is 0. The van der Waals surface area contributed by atoms with Crippen LogP contribution in [0, 0.1) is 0 Å². The summed E-state index contributed by atoms with van der Waals surface area (Å²) >= 11 is 0. The Balaban J connectivity index is 2.26. The number of amides is 2. The monoisotopic (exact) mass is 308 g/mol. The van der Waals surface area contributed by atoms with Gasteiger partial charge in [-0.15, -0.1) is 0 Å². The average molecular weight is 308 g/mol. The van der Waals surface area contributed by atoms with Gasteiger partial charge in [-0.3, -0.25) is 9.59 Å². The van der Waals surface area contributed by atoms with Crippen LogP contribution < -0.4 is 15.2 Å². The van der Waals surface area contributed by atoms with Gasteiger partial charge in [-0.1, -0.05) is 0 Å². The van der Waals surface area contributed by atoms with Crippen molar-refractivity contribution in [2.75, 3.05) is 33.9 Å². The number of methoxy groups -OCH3 is 2. The number of primary amides is 1. The molecule has 2 rings (SSSR count). The van der Waals surface area contributed by atoms with Crippen molar-refractivity contribution in [2.45, 2.75) is 12.5 Å². The zero-order valence-electron chi connectivity index (χ0n) is 12.9. The molecular formula is C15H20N2O5. The number of morpholine rings is 1. The molecule has 1 fully saturated rings. The van der Waals surface area contributed by atoms with Gasteiger partial charge in [0.2, 0.25) is 0 Å². The summed E-state index contributed by atoms with van der Waals surface area (Å²) in [6, 6.07) is 4.94. The Kier molecular flexibility index (Phi) is 4.56. The van der Waals surface area contributed by atoms with Gasteiger partial charge in [-0.25, -0.2) is 0 Å². The minimum absolute atomic E-state index is 0.112. The van der Waals surface area contributed by atoms with E-state index in [4.69, 9.17) is 19.9 Å². The van der Waals surface area contributed by atoms with E-state index in [2.05, 4.69) is 0 Å². The van der Waals surface area contributed by atoms with Crippen molar-refractivity contribution in [2.24, 2.45) is 5.73 Å². The highest BCUT2D eigenvalue weighted by Crippen LogP contribution is 2.25.